The molecule has 6 heavy (non-hydrogen) atoms. The summed E-state index contributed by atoms with van der Waals surface area (Å²) in [4.78, 5) is 0. The van der Waals surface area contributed by atoms with E-state index in [0.29, 0.717) is 0 Å². The Bertz CT molecular complexity index is 79.5. The molecule has 0 aliphatic heterocycles. The summed E-state index contributed by atoms with van der Waals surface area (Å²) < 4.78 is 19.0. The lowest BCUT2D eigenvalue weighted by Gasteiger charge is -1.79. The van der Waals surface area contributed by atoms with Gasteiger partial charge in [-0.25, -0.2) is 13.8 Å². The second-order valence-electron chi connectivity index (χ2n) is 0.695. The monoisotopic (exact) mass is 110 g/mol. The Hall–Kier alpha value is -0.130. The van der Waals surface area contributed by atoms with Crippen molar-refractivity contribution >= 4 is 10.7 Å². The Morgan fingerprint density at radius 2 is 2.17 bits per heavy atom. The molecule has 0 atom stereocenters. The van der Waals surface area contributed by atoms with Crippen LogP contribution in [0.4, 0.5) is 0 Å². The summed E-state index contributed by atoms with van der Waals surface area (Å²) in [5.41, 5.74) is 1.97. The highest BCUT2D eigenvalue weighted by atomic mass is 32.2. The first kappa shape index (κ1) is 5.87. The van der Waals surface area contributed by atoms with E-state index < -0.39 is 10.7 Å². The third kappa shape index (κ3) is 3.87. The van der Waals surface area contributed by atoms with Crippen LogP contribution >= 0.6 is 0 Å². The van der Waals surface area contributed by atoms with E-state index in [-0.39, 0.29) is 5.88 Å². The summed E-state index contributed by atoms with van der Waals surface area (Å²) in [5, 5.41) is 0. The summed E-state index contributed by atoms with van der Waals surface area (Å²) in [5.74, 6) is 4.45. The largest absolute Gasteiger partial charge is 0.271 e. The number of hydrazine groups is 1. The van der Waals surface area contributed by atoms with E-state index in [9.17, 15) is 8.42 Å². The number of thiol groups is 1. The molecule has 0 aliphatic carbocycles. The van der Waals surface area contributed by atoms with E-state index in [0.717, 1.165) is 0 Å². The fraction of sp³-hybridized carbons (Fsp3) is 1.00. The Labute approximate surface area is 37.3 Å². The lowest BCUT2D eigenvalue weighted by Crippen LogP contribution is -2.23. The van der Waals surface area contributed by atoms with Crippen molar-refractivity contribution in [3.05, 3.63) is 0 Å². The van der Waals surface area contributed by atoms with Gasteiger partial charge in [0.1, 0.15) is 5.88 Å². The van der Waals surface area contributed by atoms with Crippen LogP contribution in [0.2, 0.25) is 0 Å². The molecule has 3 N–H and O–H groups in total. The Balaban J connectivity index is 3.07. The van der Waals surface area contributed by atoms with Crippen LogP contribution in [-0.4, -0.2) is 14.3 Å². The van der Waals surface area contributed by atoms with E-state index in [4.69, 9.17) is 0 Å². The van der Waals surface area contributed by atoms with E-state index in [1.165, 1.54) is 0 Å². The van der Waals surface area contributed by atoms with Crippen LogP contribution in [0, 0.1) is 0 Å². The molecular formula is CH6N2O2S. The first-order valence-corrected chi connectivity index (χ1v) is 2.69. The number of hydrogen-bond acceptors (Lipinski definition) is 4. The lowest BCUT2D eigenvalue weighted by molar-refractivity contribution is 0.608. The molecule has 0 radical (unpaired) electrons. The summed E-state index contributed by atoms with van der Waals surface area (Å²) in [7, 11) is -2.34. The van der Waals surface area contributed by atoms with Crippen LogP contribution in [0.1, 0.15) is 0 Å². The molecule has 0 unspecified atom stereocenters. The topological polar surface area (TPSA) is 72.2 Å². The molecule has 0 heterocycles. The zero-order valence-electron chi connectivity index (χ0n) is 3.05. The molecule has 0 aromatic rings. The molecule has 0 bridgehead atoms. The fourth-order valence-electron chi connectivity index (χ4n) is 0.0745. The Morgan fingerprint density at radius 3 is 2.17 bits per heavy atom. The minimum absolute atomic E-state index is 0.144. The Morgan fingerprint density at radius 1 is 1.67 bits per heavy atom. The number of rotatable bonds is 2. The molecule has 0 rings (SSSR count). The highest BCUT2D eigenvalue weighted by molar-refractivity contribution is 7.72. The minimum Gasteiger partial charge on any atom is -0.271 e. The van der Waals surface area contributed by atoms with Gasteiger partial charge in [0.25, 0.3) is 0 Å². The second kappa shape index (κ2) is 3.08. The predicted molar refractivity (Wildman–Crippen MR) is 22.5 cm³/mol. The lowest BCUT2D eigenvalue weighted by atomic mass is 11.5. The Kier molecular flexibility index (Phi) is 3.01. The predicted octanol–water partition coefficient (Wildman–Crippen LogP) is -1.98. The third-order valence-corrected chi connectivity index (χ3v) is 0.661. The molecule has 0 saturated heterocycles. The fourth-order valence-corrected chi connectivity index (χ4v) is 0.224. The molecule has 38 valence electrons. The maximum Gasteiger partial charge on any atom is 0.154 e. The average Bonchev–Trinajstić information content (AvgIpc) is 1.35. The molecule has 0 saturated carbocycles. The molecule has 0 aromatic carbocycles. The van der Waals surface area contributed by atoms with Gasteiger partial charge in [0, 0.05) is 0 Å². The van der Waals surface area contributed by atoms with Gasteiger partial charge in [-0.3, -0.25) is 5.84 Å². The third-order valence-electron chi connectivity index (χ3n) is 0.220. The smallest absolute Gasteiger partial charge is 0.154 e. The van der Waals surface area contributed by atoms with Crippen molar-refractivity contribution in [3.8, 4) is 0 Å². The van der Waals surface area contributed by atoms with E-state index >= 15 is 0 Å². The molecule has 0 spiro atoms. The molecule has 0 aliphatic rings. The summed E-state index contributed by atoms with van der Waals surface area (Å²) in [6, 6.07) is 0. The van der Waals surface area contributed by atoms with Gasteiger partial charge in [0.05, 0.1) is 0 Å². The van der Waals surface area contributed by atoms with Crippen LogP contribution in [0.15, 0.2) is 0 Å². The second-order valence-corrected chi connectivity index (χ2v) is 1.68. The highest BCUT2D eigenvalue weighted by Crippen LogP contribution is 1.46. The zero-order valence-corrected chi connectivity index (χ0v) is 3.94. The van der Waals surface area contributed by atoms with Gasteiger partial charge < -0.3 is 0 Å². The van der Waals surface area contributed by atoms with Gasteiger partial charge in [-0.15, -0.1) is 0 Å². The quantitative estimate of drug-likeness (QED) is 0.219. The van der Waals surface area contributed by atoms with Crippen LogP contribution in [0.3, 0.4) is 0 Å². The van der Waals surface area contributed by atoms with Gasteiger partial charge in [0.2, 0.25) is 0 Å². The minimum atomic E-state index is -2.34. The van der Waals surface area contributed by atoms with Crippen molar-refractivity contribution in [2.24, 2.45) is 5.84 Å². The van der Waals surface area contributed by atoms with Crippen molar-refractivity contribution in [1.82, 2.24) is 5.43 Å². The summed E-state index contributed by atoms with van der Waals surface area (Å²) in [6.45, 7) is 0. The molecule has 4 nitrogen and oxygen atoms in total. The average molecular weight is 110 g/mol. The van der Waals surface area contributed by atoms with Crippen LogP contribution < -0.4 is 11.3 Å². The number of nitrogens with two attached hydrogens (primary N) is 1. The molecule has 0 aromatic heterocycles. The van der Waals surface area contributed by atoms with Crippen molar-refractivity contribution in [2.75, 3.05) is 5.88 Å². The summed E-state index contributed by atoms with van der Waals surface area (Å²) in [6.07, 6.45) is 0. The number of nitrogens with one attached hydrogen (secondary N) is 1. The zero-order chi connectivity index (χ0) is 4.99. The molecule has 5 heteroatoms. The molecule has 0 amide bonds. The van der Waals surface area contributed by atoms with Gasteiger partial charge in [0.15, 0.2) is 10.7 Å². The van der Waals surface area contributed by atoms with Crippen LogP contribution in [0.25, 0.3) is 0 Å². The van der Waals surface area contributed by atoms with E-state index in [1.54, 1.807) is 0 Å². The van der Waals surface area contributed by atoms with E-state index in [1.807, 2.05) is 5.43 Å². The van der Waals surface area contributed by atoms with Gasteiger partial charge >= 0.3 is 0 Å². The maximum atomic E-state index is 9.49. The van der Waals surface area contributed by atoms with Crippen molar-refractivity contribution in [1.29, 1.82) is 0 Å². The summed E-state index contributed by atoms with van der Waals surface area (Å²) >= 11 is 0. The number of hydrogen-bond donors (Lipinski definition) is 3. The van der Waals surface area contributed by atoms with Gasteiger partial charge in [-0.1, -0.05) is 0 Å². The standard InChI is InChI=1S/CH6N2O2S/c2-3-1-6(4)5/h3,6H,1-2H2. The maximum absolute atomic E-state index is 9.49. The van der Waals surface area contributed by atoms with E-state index in [2.05, 4.69) is 5.84 Å². The first-order valence-electron chi connectivity index (χ1n) is 1.32. The van der Waals surface area contributed by atoms with Gasteiger partial charge in [-0.05, 0) is 0 Å². The molecular weight excluding hydrogens is 104 g/mol. The van der Waals surface area contributed by atoms with Crippen molar-refractivity contribution < 1.29 is 8.42 Å². The van der Waals surface area contributed by atoms with Crippen LogP contribution in [0.5, 0.6) is 0 Å². The normalized spacial score (nSPS) is 9.67. The van der Waals surface area contributed by atoms with Gasteiger partial charge in [-0.2, -0.15) is 0 Å². The van der Waals surface area contributed by atoms with Crippen molar-refractivity contribution in [2.45, 2.75) is 0 Å². The first-order chi connectivity index (χ1) is 2.77. The SMILES string of the molecule is NNC[SH](=O)=O. The van der Waals surface area contributed by atoms with Crippen LogP contribution in [-0.2, 0) is 10.7 Å². The van der Waals surface area contributed by atoms with Crippen molar-refractivity contribution in [3.63, 3.8) is 0 Å². The highest BCUT2D eigenvalue weighted by Gasteiger charge is 1.73. The molecule has 0 fully saturated rings.